The van der Waals surface area contributed by atoms with Crippen LogP contribution >= 0.6 is 0 Å². The largest absolute Gasteiger partial charge is 0.486 e. The molecule has 0 atom stereocenters. The summed E-state index contributed by atoms with van der Waals surface area (Å²) >= 11 is 0. The smallest absolute Gasteiger partial charge is 0.138 e. The van der Waals surface area contributed by atoms with Crippen LogP contribution in [0.4, 0.5) is 0 Å². The number of rotatable bonds is 5. The third kappa shape index (κ3) is 3.29. The summed E-state index contributed by atoms with van der Waals surface area (Å²) in [5.41, 5.74) is 7.19. The molecule has 2 heterocycles. The summed E-state index contributed by atoms with van der Waals surface area (Å²) in [6.45, 7) is 2.83. The van der Waals surface area contributed by atoms with E-state index in [2.05, 4.69) is 10.1 Å². The van der Waals surface area contributed by atoms with E-state index >= 15 is 0 Å². The van der Waals surface area contributed by atoms with E-state index in [0.29, 0.717) is 18.9 Å². The van der Waals surface area contributed by atoms with E-state index in [1.165, 1.54) is 0 Å². The topological polar surface area (TPSA) is 74.2 Å². The monoisotopic (exact) mass is 233 g/mol. The fourth-order valence-electron chi connectivity index (χ4n) is 1.44. The van der Waals surface area contributed by atoms with Crippen molar-refractivity contribution < 1.29 is 9.26 Å². The lowest BCUT2D eigenvalue weighted by Crippen LogP contribution is -2.04. The first-order chi connectivity index (χ1) is 8.28. The molecule has 2 rings (SSSR count). The Morgan fingerprint density at radius 1 is 1.35 bits per heavy atom. The molecule has 0 unspecified atom stereocenters. The molecule has 90 valence electrons. The maximum absolute atomic E-state index is 5.52. The number of hydrogen-bond donors (Lipinski definition) is 1. The quantitative estimate of drug-likeness (QED) is 0.846. The van der Waals surface area contributed by atoms with Gasteiger partial charge in [-0.05, 0) is 25.6 Å². The van der Waals surface area contributed by atoms with Gasteiger partial charge in [-0.3, -0.25) is 4.98 Å². The van der Waals surface area contributed by atoms with Crippen molar-refractivity contribution in [1.29, 1.82) is 0 Å². The van der Waals surface area contributed by atoms with Crippen molar-refractivity contribution in [3.8, 4) is 5.75 Å². The minimum atomic E-state index is 0.384. The van der Waals surface area contributed by atoms with Crippen molar-refractivity contribution in [1.82, 2.24) is 10.1 Å². The summed E-state index contributed by atoms with van der Waals surface area (Å²) in [6.07, 6.45) is 2.47. The standard InChI is InChI=1S/C12H15N3O2/c1-9-6-11(15-17-9)8-16-12-3-2-10(4-5-13)14-7-12/h2-3,6-7H,4-5,8,13H2,1H3. The van der Waals surface area contributed by atoms with Crippen molar-refractivity contribution in [2.45, 2.75) is 20.0 Å². The van der Waals surface area contributed by atoms with Crippen LogP contribution in [-0.4, -0.2) is 16.7 Å². The first-order valence-corrected chi connectivity index (χ1v) is 5.48. The van der Waals surface area contributed by atoms with Gasteiger partial charge >= 0.3 is 0 Å². The van der Waals surface area contributed by atoms with Gasteiger partial charge in [0.25, 0.3) is 0 Å². The van der Waals surface area contributed by atoms with Gasteiger partial charge < -0.3 is 15.0 Å². The van der Waals surface area contributed by atoms with Crippen LogP contribution in [0.5, 0.6) is 5.75 Å². The zero-order valence-electron chi connectivity index (χ0n) is 9.72. The molecule has 0 spiro atoms. The van der Waals surface area contributed by atoms with Crippen LogP contribution in [0.25, 0.3) is 0 Å². The lowest BCUT2D eigenvalue weighted by Gasteiger charge is -2.04. The Labute approximate surface area is 99.6 Å². The van der Waals surface area contributed by atoms with E-state index < -0.39 is 0 Å². The second kappa shape index (κ2) is 5.45. The van der Waals surface area contributed by atoms with Crippen molar-refractivity contribution >= 4 is 0 Å². The molecule has 2 aromatic rings. The number of nitrogens with two attached hydrogens (primary N) is 1. The first kappa shape index (κ1) is 11.6. The fraction of sp³-hybridized carbons (Fsp3) is 0.333. The van der Waals surface area contributed by atoms with Gasteiger partial charge in [0, 0.05) is 18.2 Å². The summed E-state index contributed by atoms with van der Waals surface area (Å²) < 4.78 is 10.5. The molecule has 0 aromatic carbocycles. The van der Waals surface area contributed by atoms with E-state index in [1.54, 1.807) is 6.20 Å². The van der Waals surface area contributed by atoms with Gasteiger partial charge in [-0.25, -0.2) is 0 Å². The number of aryl methyl sites for hydroxylation is 1. The number of ether oxygens (including phenoxy) is 1. The summed E-state index contributed by atoms with van der Waals surface area (Å²) in [5.74, 6) is 1.49. The first-order valence-electron chi connectivity index (χ1n) is 5.48. The van der Waals surface area contributed by atoms with Gasteiger partial charge in [0.1, 0.15) is 23.8 Å². The number of pyridine rings is 1. The second-order valence-electron chi connectivity index (χ2n) is 3.74. The number of aromatic nitrogens is 2. The maximum Gasteiger partial charge on any atom is 0.138 e. The second-order valence-corrected chi connectivity index (χ2v) is 3.74. The zero-order valence-corrected chi connectivity index (χ0v) is 9.72. The van der Waals surface area contributed by atoms with Gasteiger partial charge in [-0.1, -0.05) is 5.16 Å². The lowest BCUT2D eigenvalue weighted by molar-refractivity contribution is 0.286. The number of hydrogen-bond acceptors (Lipinski definition) is 5. The van der Waals surface area contributed by atoms with Gasteiger partial charge in [-0.15, -0.1) is 0 Å². The third-order valence-electron chi connectivity index (χ3n) is 2.26. The van der Waals surface area contributed by atoms with Crippen LogP contribution < -0.4 is 10.5 Å². The van der Waals surface area contributed by atoms with E-state index in [-0.39, 0.29) is 0 Å². The molecule has 0 aliphatic carbocycles. The highest BCUT2D eigenvalue weighted by Crippen LogP contribution is 2.12. The Morgan fingerprint density at radius 2 is 2.24 bits per heavy atom. The summed E-state index contributed by atoms with van der Waals surface area (Å²) in [6, 6.07) is 5.64. The molecule has 0 saturated heterocycles. The molecule has 5 nitrogen and oxygen atoms in total. The molecule has 0 saturated carbocycles. The van der Waals surface area contributed by atoms with Crippen molar-refractivity contribution in [3.63, 3.8) is 0 Å². The van der Waals surface area contributed by atoms with E-state index in [4.69, 9.17) is 15.0 Å². The van der Waals surface area contributed by atoms with Crippen molar-refractivity contribution in [2.75, 3.05) is 6.54 Å². The molecule has 0 fully saturated rings. The van der Waals surface area contributed by atoms with Crippen LogP contribution in [0.3, 0.4) is 0 Å². The van der Waals surface area contributed by atoms with E-state index in [1.807, 2.05) is 25.1 Å². The summed E-state index contributed by atoms with van der Waals surface area (Å²) in [5, 5.41) is 3.84. The van der Waals surface area contributed by atoms with Gasteiger partial charge in [0.2, 0.25) is 0 Å². The molecule has 0 bridgehead atoms. The summed E-state index contributed by atoms with van der Waals surface area (Å²) in [4.78, 5) is 4.24. The Bertz CT molecular complexity index is 465. The Morgan fingerprint density at radius 3 is 2.82 bits per heavy atom. The van der Waals surface area contributed by atoms with Crippen molar-refractivity contribution in [3.05, 3.63) is 41.5 Å². The Hall–Kier alpha value is -1.88. The highest BCUT2D eigenvalue weighted by Gasteiger charge is 2.02. The normalized spacial score (nSPS) is 10.5. The maximum atomic E-state index is 5.52. The molecule has 0 radical (unpaired) electrons. The molecule has 2 N–H and O–H groups in total. The molecule has 0 aliphatic heterocycles. The number of nitrogens with zero attached hydrogens (tertiary/aromatic N) is 2. The minimum absolute atomic E-state index is 0.384. The molecule has 5 heteroatoms. The fourth-order valence-corrected chi connectivity index (χ4v) is 1.44. The molecule has 17 heavy (non-hydrogen) atoms. The van der Waals surface area contributed by atoms with Crippen LogP contribution in [0.2, 0.25) is 0 Å². The van der Waals surface area contributed by atoms with Crippen molar-refractivity contribution in [2.24, 2.45) is 5.73 Å². The molecular weight excluding hydrogens is 218 g/mol. The molecule has 2 aromatic heterocycles. The lowest BCUT2D eigenvalue weighted by atomic mass is 10.3. The predicted octanol–water partition coefficient (Wildman–Crippen LogP) is 1.46. The average molecular weight is 233 g/mol. The van der Waals surface area contributed by atoms with Crippen LogP contribution in [0, 0.1) is 6.92 Å². The van der Waals surface area contributed by atoms with Gasteiger partial charge in [-0.2, -0.15) is 0 Å². The minimum Gasteiger partial charge on any atom is -0.486 e. The van der Waals surface area contributed by atoms with E-state index in [0.717, 1.165) is 23.6 Å². The van der Waals surface area contributed by atoms with Crippen LogP contribution in [0.1, 0.15) is 17.1 Å². The van der Waals surface area contributed by atoms with Gasteiger partial charge in [0.05, 0.1) is 6.20 Å². The van der Waals surface area contributed by atoms with Crippen LogP contribution in [-0.2, 0) is 13.0 Å². The molecule has 0 amide bonds. The molecule has 0 aliphatic rings. The highest BCUT2D eigenvalue weighted by molar-refractivity contribution is 5.20. The van der Waals surface area contributed by atoms with E-state index in [9.17, 15) is 0 Å². The predicted molar refractivity (Wildman–Crippen MR) is 62.6 cm³/mol. The Balaban J connectivity index is 1.90. The molecular formula is C12H15N3O2. The third-order valence-corrected chi connectivity index (χ3v) is 2.26. The SMILES string of the molecule is Cc1cc(COc2ccc(CCN)nc2)no1. The summed E-state index contributed by atoms with van der Waals surface area (Å²) in [7, 11) is 0. The highest BCUT2D eigenvalue weighted by atomic mass is 16.5. The van der Waals surface area contributed by atoms with Crippen LogP contribution in [0.15, 0.2) is 28.9 Å². The zero-order chi connectivity index (χ0) is 12.1. The van der Waals surface area contributed by atoms with Gasteiger partial charge in [0.15, 0.2) is 0 Å². The Kier molecular flexibility index (Phi) is 3.72. The average Bonchev–Trinajstić information content (AvgIpc) is 2.75.